The Balaban J connectivity index is 1.74. The molecule has 3 rings (SSSR count). The summed E-state index contributed by atoms with van der Waals surface area (Å²) in [7, 11) is -0.631. The van der Waals surface area contributed by atoms with Crippen molar-refractivity contribution in [1.82, 2.24) is 14.9 Å². The van der Waals surface area contributed by atoms with Gasteiger partial charge < -0.3 is 34.4 Å². The van der Waals surface area contributed by atoms with Crippen LogP contribution in [-0.4, -0.2) is 98.8 Å². The van der Waals surface area contributed by atoms with Crippen molar-refractivity contribution in [2.45, 2.75) is 51.0 Å². The summed E-state index contributed by atoms with van der Waals surface area (Å²) in [4.78, 5) is 35.2. The third-order valence-corrected chi connectivity index (χ3v) is 5.88. The molecule has 1 aromatic heterocycles. The number of piperazine rings is 1. The maximum Gasteiger partial charge on any atom is 0.498 e. The monoisotopic (exact) mass is 422 g/mol. The van der Waals surface area contributed by atoms with E-state index in [0.29, 0.717) is 5.46 Å². The second kappa shape index (κ2) is 8.10. The predicted molar refractivity (Wildman–Crippen MR) is 106 cm³/mol. The van der Waals surface area contributed by atoms with Crippen LogP contribution in [0.3, 0.4) is 0 Å². The number of carbonyl (C=O) groups is 2. The van der Waals surface area contributed by atoms with E-state index in [1.165, 1.54) is 22.2 Å². The summed E-state index contributed by atoms with van der Waals surface area (Å²) in [5.41, 5.74) is -0.399. The molecule has 3 heterocycles. The molecule has 2 aliphatic rings. The maximum atomic E-state index is 12.1. The van der Waals surface area contributed by atoms with Crippen molar-refractivity contribution < 1.29 is 34.2 Å². The summed E-state index contributed by atoms with van der Waals surface area (Å²) >= 11 is 0. The molecule has 0 aliphatic carbocycles. The summed E-state index contributed by atoms with van der Waals surface area (Å²) in [6, 6.07) is -1.09. The van der Waals surface area contributed by atoms with Gasteiger partial charge in [0.1, 0.15) is 6.04 Å². The molecule has 3 N–H and O–H groups in total. The first-order chi connectivity index (χ1) is 14.0. The lowest BCUT2D eigenvalue weighted by atomic mass is 9.81. The SMILES string of the molecule is CC1(C)OB(c2cnc(N3CCN(C(=O)[C@H](O)CO)C[C@@H]3C(=O)O)nc2)OC1(C)C. The first-order valence-electron chi connectivity index (χ1n) is 9.71. The van der Waals surface area contributed by atoms with Gasteiger partial charge in [0, 0.05) is 30.9 Å². The Morgan fingerprint density at radius 2 is 1.77 bits per heavy atom. The average molecular weight is 422 g/mol. The van der Waals surface area contributed by atoms with E-state index < -0.39 is 48.9 Å². The van der Waals surface area contributed by atoms with E-state index >= 15 is 0 Å². The van der Waals surface area contributed by atoms with Crippen LogP contribution in [0.5, 0.6) is 0 Å². The minimum absolute atomic E-state index is 0.159. The highest BCUT2D eigenvalue weighted by Gasteiger charge is 2.52. The van der Waals surface area contributed by atoms with Crippen LogP contribution in [0.1, 0.15) is 27.7 Å². The molecule has 0 radical (unpaired) electrons. The van der Waals surface area contributed by atoms with Crippen molar-refractivity contribution in [3.8, 4) is 0 Å². The van der Waals surface area contributed by atoms with Crippen LogP contribution in [0, 0.1) is 0 Å². The molecule has 11 nitrogen and oxygen atoms in total. The van der Waals surface area contributed by atoms with Gasteiger partial charge in [-0.05, 0) is 27.7 Å². The molecular weight excluding hydrogens is 395 g/mol. The van der Waals surface area contributed by atoms with Crippen LogP contribution in [-0.2, 0) is 18.9 Å². The average Bonchev–Trinajstić information content (AvgIpc) is 2.93. The summed E-state index contributed by atoms with van der Waals surface area (Å²) < 4.78 is 11.9. The number of aromatic nitrogens is 2. The molecule has 2 saturated heterocycles. The summed E-state index contributed by atoms with van der Waals surface area (Å²) in [5, 5.41) is 28.1. The molecule has 1 aromatic rings. The van der Waals surface area contributed by atoms with Gasteiger partial charge in [-0.15, -0.1) is 0 Å². The number of aliphatic carboxylic acids is 1. The Labute approximate surface area is 174 Å². The molecule has 1 amide bonds. The Hall–Kier alpha value is -2.28. The van der Waals surface area contributed by atoms with Gasteiger partial charge in [-0.1, -0.05) is 0 Å². The van der Waals surface area contributed by atoms with E-state index in [1.54, 1.807) is 0 Å². The highest BCUT2D eigenvalue weighted by atomic mass is 16.7. The number of aliphatic hydroxyl groups is 2. The zero-order valence-corrected chi connectivity index (χ0v) is 17.5. The number of carboxylic acid groups (broad SMARTS) is 1. The molecule has 2 fully saturated rings. The van der Waals surface area contributed by atoms with Crippen LogP contribution in [0.2, 0.25) is 0 Å². The number of carboxylic acids is 1. The van der Waals surface area contributed by atoms with E-state index in [4.69, 9.17) is 14.4 Å². The van der Waals surface area contributed by atoms with Crippen LogP contribution in [0.15, 0.2) is 12.4 Å². The smallest absolute Gasteiger partial charge is 0.480 e. The third-order valence-electron chi connectivity index (χ3n) is 5.88. The lowest BCUT2D eigenvalue weighted by Crippen LogP contribution is -2.60. The summed E-state index contributed by atoms with van der Waals surface area (Å²) in [5.74, 6) is -1.65. The Morgan fingerprint density at radius 1 is 1.20 bits per heavy atom. The first-order valence-corrected chi connectivity index (χ1v) is 9.71. The van der Waals surface area contributed by atoms with Crippen LogP contribution < -0.4 is 10.4 Å². The number of carbonyl (C=O) groups excluding carboxylic acids is 1. The van der Waals surface area contributed by atoms with Crippen molar-refractivity contribution in [2.75, 3.05) is 31.1 Å². The molecule has 2 atom stereocenters. The van der Waals surface area contributed by atoms with E-state index in [9.17, 15) is 19.8 Å². The topological polar surface area (TPSA) is 146 Å². The molecule has 0 unspecified atom stereocenters. The fourth-order valence-electron chi connectivity index (χ4n) is 3.30. The van der Waals surface area contributed by atoms with E-state index in [-0.39, 0.29) is 25.6 Å². The fraction of sp³-hybridized carbons (Fsp3) is 0.667. The third kappa shape index (κ3) is 4.13. The van der Waals surface area contributed by atoms with E-state index in [1.807, 2.05) is 27.7 Å². The van der Waals surface area contributed by atoms with Gasteiger partial charge in [0.15, 0.2) is 6.10 Å². The molecular formula is C18H27BN4O7. The molecule has 12 heteroatoms. The minimum atomic E-state index is -1.57. The highest BCUT2D eigenvalue weighted by molar-refractivity contribution is 6.61. The second-order valence-corrected chi connectivity index (χ2v) is 8.43. The number of hydrogen-bond donors (Lipinski definition) is 3. The number of nitrogens with zero attached hydrogens (tertiary/aromatic N) is 4. The largest absolute Gasteiger partial charge is 0.498 e. The van der Waals surface area contributed by atoms with Gasteiger partial charge >= 0.3 is 13.1 Å². The van der Waals surface area contributed by atoms with Gasteiger partial charge in [-0.2, -0.15) is 0 Å². The van der Waals surface area contributed by atoms with Crippen molar-refractivity contribution >= 4 is 30.4 Å². The van der Waals surface area contributed by atoms with Gasteiger partial charge in [-0.3, -0.25) is 4.79 Å². The Kier molecular flexibility index (Phi) is 6.05. The van der Waals surface area contributed by atoms with Crippen LogP contribution in [0.25, 0.3) is 0 Å². The predicted octanol–water partition coefficient (Wildman–Crippen LogP) is -1.77. The minimum Gasteiger partial charge on any atom is -0.480 e. The Morgan fingerprint density at radius 3 is 2.27 bits per heavy atom. The number of aliphatic hydroxyl groups excluding tert-OH is 2. The van der Waals surface area contributed by atoms with E-state index in [0.717, 1.165) is 0 Å². The number of amides is 1. The molecule has 0 saturated carbocycles. The number of anilines is 1. The molecule has 30 heavy (non-hydrogen) atoms. The van der Waals surface area contributed by atoms with Gasteiger partial charge in [0.05, 0.1) is 24.4 Å². The Bertz CT molecular complexity index is 788. The molecule has 0 aromatic carbocycles. The first kappa shape index (κ1) is 22.4. The van der Waals surface area contributed by atoms with Gasteiger partial charge in [0.2, 0.25) is 5.95 Å². The molecule has 0 bridgehead atoms. The van der Waals surface area contributed by atoms with E-state index in [2.05, 4.69) is 9.97 Å². The van der Waals surface area contributed by atoms with Crippen molar-refractivity contribution in [3.63, 3.8) is 0 Å². The zero-order chi connectivity index (χ0) is 22.3. The summed E-state index contributed by atoms with van der Waals surface area (Å²) in [6.45, 7) is 7.21. The number of rotatable bonds is 5. The second-order valence-electron chi connectivity index (χ2n) is 8.43. The fourth-order valence-corrected chi connectivity index (χ4v) is 3.30. The van der Waals surface area contributed by atoms with Crippen molar-refractivity contribution in [2.24, 2.45) is 0 Å². The maximum absolute atomic E-state index is 12.1. The highest BCUT2D eigenvalue weighted by Crippen LogP contribution is 2.36. The number of hydrogen-bond acceptors (Lipinski definition) is 9. The zero-order valence-electron chi connectivity index (χ0n) is 17.5. The standard InChI is InChI=1S/C18H27BN4O7/c1-17(2)18(3,4)30-19(29-17)11-7-20-16(21-8-11)23-6-5-22(9-12(23)15(27)28)14(26)13(25)10-24/h7-8,12-13,24-25H,5-6,9-10H2,1-4H3,(H,27,28)/t12-,13-/m1/s1. The van der Waals surface area contributed by atoms with Crippen molar-refractivity contribution in [1.29, 1.82) is 0 Å². The quantitative estimate of drug-likeness (QED) is 0.466. The molecule has 2 aliphatic heterocycles. The van der Waals surface area contributed by atoms with Gasteiger partial charge in [-0.25, -0.2) is 14.8 Å². The normalized spacial score (nSPS) is 24.1. The van der Waals surface area contributed by atoms with Crippen molar-refractivity contribution in [3.05, 3.63) is 12.4 Å². The lowest BCUT2D eigenvalue weighted by Gasteiger charge is -2.39. The van der Waals surface area contributed by atoms with Crippen LogP contribution in [0.4, 0.5) is 5.95 Å². The summed E-state index contributed by atoms with van der Waals surface area (Å²) in [6.07, 6.45) is 1.51. The molecule has 164 valence electrons. The van der Waals surface area contributed by atoms with Gasteiger partial charge in [0.25, 0.3) is 5.91 Å². The van der Waals surface area contributed by atoms with Crippen LogP contribution >= 0.6 is 0 Å². The lowest BCUT2D eigenvalue weighted by molar-refractivity contribution is -0.146. The molecule has 0 spiro atoms.